The summed E-state index contributed by atoms with van der Waals surface area (Å²) in [5.41, 5.74) is 5.77. The monoisotopic (exact) mass is 229 g/mol. The predicted octanol–water partition coefficient (Wildman–Crippen LogP) is 2.94. The zero-order valence-electron chi connectivity index (χ0n) is 8.25. The fourth-order valence-electron chi connectivity index (χ4n) is 1.83. The lowest BCUT2D eigenvalue weighted by molar-refractivity contribution is 0.565. The third-order valence-electron chi connectivity index (χ3n) is 2.61. The molecule has 2 atom stereocenters. The van der Waals surface area contributed by atoms with Gasteiger partial charge in [-0.3, -0.25) is 0 Å². The number of nitrogens with two attached hydrogens (primary N) is 1. The summed E-state index contributed by atoms with van der Waals surface area (Å²) >= 11 is 1.47. The second-order valence-electron chi connectivity index (χ2n) is 3.89. The van der Waals surface area contributed by atoms with Crippen molar-refractivity contribution >= 4 is 11.8 Å². The van der Waals surface area contributed by atoms with Gasteiger partial charge in [0.05, 0.1) is 0 Å². The summed E-state index contributed by atoms with van der Waals surface area (Å²) < 4.78 is 26.0. The summed E-state index contributed by atoms with van der Waals surface area (Å²) in [6.07, 6.45) is 2.94. The van der Waals surface area contributed by atoms with Gasteiger partial charge in [0.1, 0.15) is 11.6 Å². The van der Waals surface area contributed by atoms with Gasteiger partial charge in [-0.25, -0.2) is 8.78 Å². The van der Waals surface area contributed by atoms with E-state index in [0.29, 0.717) is 10.1 Å². The first-order valence-electron chi connectivity index (χ1n) is 5.02. The van der Waals surface area contributed by atoms with Gasteiger partial charge in [0.25, 0.3) is 0 Å². The molecule has 2 rings (SSSR count). The molecule has 15 heavy (non-hydrogen) atoms. The molecule has 0 aliphatic heterocycles. The third-order valence-corrected chi connectivity index (χ3v) is 3.96. The Hall–Kier alpha value is -0.610. The summed E-state index contributed by atoms with van der Waals surface area (Å²) in [5, 5.41) is 0.375. The van der Waals surface area contributed by atoms with Crippen LogP contribution in [-0.2, 0) is 0 Å². The van der Waals surface area contributed by atoms with Crippen LogP contribution in [0.15, 0.2) is 23.1 Å². The second-order valence-corrected chi connectivity index (χ2v) is 5.23. The molecule has 1 nitrogen and oxygen atoms in total. The van der Waals surface area contributed by atoms with Crippen LogP contribution >= 0.6 is 11.8 Å². The van der Waals surface area contributed by atoms with E-state index in [2.05, 4.69) is 0 Å². The Morgan fingerprint density at radius 1 is 1.27 bits per heavy atom. The molecule has 2 unspecified atom stereocenters. The Morgan fingerprint density at radius 2 is 2.07 bits per heavy atom. The van der Waals surface area contributed by atoms with Crippen molar-refractivity contribution in [3.8, 4) is 0 Å². The molecule has 82 valence electrons. The minimum Gasteiger partial charge on any atom is -0.328 e. The Balaban J connectivity index is 2.04. The quantitative estimate of drug-likeness (QED) is 0.843. The third kappa shape index (κ3) is 2.69. The largest absolute Gasteiger partial charge is 0.328 e. The van der Waals surface area contributed by atoms with Gasteiger partial charge in [-0.05, 0) is 31.4 Å². The van der Waals surface area contributed by atoms with E-state index in [1.165, 1.54) is 23.9 Å². The molecule has 0 spiro atoms. The highest BCUT2D eigenvalue weighted by atomic mass is 32.2. The van der Waals surface area contributed by atoms with Crippen molar-refractivity contribution in [3.63, 3.8) is 0 Å². The number of rotatable bonds is 2. The van der Waals surface area contributed by atoms with E-state index in [0.717, 1.165) is 25.3 Å². The minimum atomic E-state index is -0.528. The SMILES string of the molecule is NC1CCC(Sc2ccc(F)cc2F)C1. The molecule has 2 N–H and O–H groups in total. The second kappa shape index (κ2) is 4.49. The van der Waals surface area contributed by atoms with Crippen LogP contribution in [0.25, 0.3) is 0 Å². The molecule has 0 radical (unpaired) electrons. The van der Waals surface area contributed by atoms with Gasteiger partial charge in [0, 0.05) is 22.3 Å². The van der Waals surface area contributed by atoms with E-state index in [1.54, 1.807) is 0 Å². The summed E-state index contributed by atoms with van der Waals surface area (Å²) in [6.45, 7) is 0. The molecule has 1 saturated carbocycles. The first kappa shape index (κ1) is 10.9. The van der Waals surface area contributed by atoms with Gasteiger partial charge in [0.2, 0.25) is 0 Å². The number of hydrogen-bond donors (Lipinski definition) is 1. The Kier molecular flexibility index (Phi) is 3.26. The molecule has 0 amide bonds. The number of thioether (sulfide) groups is 1. The van der Waals surface area contributed by atoms with Crippen molar-refractivity contribution in [2.75, 3.05) is 0 Å². The molecule has 0 heterocycles. The average molecular weight is 229 g/mol. The van der Waals surface area contributed by atoms with Gasteiger partial charge < -0.3 is 5.73 Å². The molecular weight excluding hydrogens is 216 g/mol. The maximum absolute atomic E-state index is 13.3. The van der Waals surface area contributed by atoms with E-state index in [-0.39, 0.29) is 6.04 Å². The van der Waals surface area contributed by atoms with Gasteiger partial charge in [-0.1, -0.05) is 0 Å². The van der Waals surface area contributed by atoms with Crippen LogP contribution in [0.4, 0.5) is 8.78 Å². The fraction of sp³-hybridized carbons (Fsp3) is 0.455. The lowest BCUT2D eigenvalue weighted by atomic mass is 10.3. The zero-order valence-corrected chi connectivity index (χ0v) is 9.07. The van der Waals surface area contributed by atoms with Crippen LogP contribution in [0.1, 0.15) is 19.3 Å². The van der Waals surface area contributed by atoms with Crippen molar-refractivity contribution in [2.24, 2.45) is 5.73 Å². The highest BCUT2D eigenvalue weighted by molar-refractivity contribution is 8.00. The minimum absolute atomic E-state index is 0.242. The van der Waals surface area contributed by atoms with E-state index >= 15 is 0 Å². The van der Waals surface area contributed by atoms with E-state index in [1.807, 2.05) is 0 Å². The number of halogens is 2. The van der Waals surface area contributed by atoms with Gasteiger partial charge >= 0.3 is 0 Å². The molecule has 1 fully saturated rings. The fourth-order valence-corrected chi connectivity index (χ4v) is 3.11. The smallest absolute Gasteiger partial charge is 0.139 e. The summed E-state index contributed by atoms with van der Waals surface area (Å²) in [7, 11) is 0. The highest BCUT2D eigenvalue weighted by Crippen LogP contribution is 2.35. The topological polar surface area (TPSA) is 26.0 Å². The van der Waals surface area contributed by atoms with Crippen molar-refractivity contribution in [3.05, 3.63) is 29.8 Å². The molecule has 1 aliphatic carbocycles. The van der Waals surface area contributed by atoms with E-state index < -0.39 is 11.6 Å². The van der Waals surface area contributed by atoms with Crippen molar-refractivity contribution in [1.29, 1.82) is 0 Å². The normalized spacial score (nSPS) is 25.8. The van der Waals surface area contributed by atoms with Gasteiger partial charge in [-0.15, -0.1) is 11.8 Å². The first-order valence-corrected chi connectivity index (χ1v) is 5.90. The van der Waals surface area contributed by atoms with Gasteiger partial charge in [-0.2, -0.15) is 0 Å². The Morgan fingerprint density at radius 3 is 2.67 bits per heavy atom. The highest BCUT2D eigenvalue weighted by Gasteiger charge is 2.23. The average Bonchev–Trinajstić information content (AvgIpc) is 2.56. The first-order chi connectivity index (χ1) is 7.15. The lowest BCUT2D eigenvalue weighted by Crippen LogP contribution is -2.15. The summed E-state index contributed by atoms with van der Waals surface area (Å²) in [4.78, 5) is 0.524. The maximum Gasteiger partial charge on any atom is 0.139 e. The molecule has 0 bridgehead atoms. The zero-order chi connectivity index (χ0) is 10.8. The lowest BCUT2D eigenvalue weighted by Gasteiger charge is -2.09. The van der Waals surface area contributed by atoms with Crippen LogP contribution in [0.2, 0.25) is 0 Å². The molecule has 4 heteroatoms. The van der Waals surface area contributed by atoms with Crippen LogP contribution < -0.4 is 5.73 Å². The summed E-state index contributed by atoms with van der Waals surface area (Å²) in [5.74, 6) is -1.000. The number of hydrogen-bond acceptors (Lipinski definition) is 2. The van der Waals surface area contributed by atoms with Crippen molar-refractivity contribution < 1.29 is 8.78 Å². The Labute approximate surface area is 92.0 Å². The van der Waals surface area contributed by atoms with Crippen LogP contribution in [-0.4, -0.2) is 11.3 Å². The van der Waals surface area contributed by atoms with Crippen molar-refractivity contribution in [2.45, 2.75) is 35.4 Å². The van der Waals surface area contributed by atoms with Crippen molar-refractivity contribution in [1.82, 2.24) is 0 Å². The van der Waals surface area contributed by atoms with E-state index in [4.69, 9.17) is 5.73 Å². The van der Waals surface area contributed by atoms with Gasteiger partial charge in [0.15, 0.2) is 0 Å². The van der Waals surface area contributed by atoms with Crippen LogP contribution in [0.5, 0.6) is 0 Å². The molecule has 1 aromatic rings. The molecule has 1 aliphatic rings. The molecule has 1 aromatic carbocycles. The standard InChI is InChI=1S/C11H13F2NS/c12-7-1-4-11(10(13)5-7)15-9-3-2-8(14)6-9/h1,4-5,8-9H,2-3,6,14H2. The molecule has 0 saturated heterocycles. The predicted molar refractivity (Wildman–Crippen MR) is 57.8 cm³/mol. The Bertz CT molecular complexity index is 356. The van der Waals surface area contributed by atoms with Crippen LogP contribution in [0, 0.1) is 11.6 Å². The van der Waals surface area contributed by atoms with E-state index in [9.17, 15) is 8.78 Å². The van der Waals surface area contributed by atoms with Crippen LogP contribution in [0.3, 0.4) is 0 Å². The summed E-state index contributed by atoms with van der Waals surface area (Å²) in [6, 6.07) is 3.96. The maximum atomic E-state index is 13.3. The molecule has 0 aromatic heterocycles. The number of benzene rings is 1. The molecular formula is C11H13F2NS.